The van der Waals surface area contributed by atoms with E-state index in [1.807, 2.05) is 36.5 Å². The smallest absolute Gasteiger partial charge is 0.208 e. The number of aromatic nitrogens is 2. The highest BCUT2D eigenvalue weighted by Gasteiger charge is 2.16. The third-order valence-corrected chi connectivity index (χ3v) is 3.43. The highest BCUT2D eigenvalue weighted by molar-refractivity contribution is 6.07. The van der Waals surface area contributed by atoms with Crippen molar-refractivity contribution in [1.82, 2.24) is 9.78 Å². The Hall–Kier alpha value is -2.16. The number of para-hydroxylation sites is 1. The number of allylic oxidation sites excluding steroid dienone is 2. The molecule has 0 N–H and O–H groups in total. The lowest BCUT2D eigenvalue weighted by Gasteiger charge is -2.09. The van der Waals surface area contributed by atoms with Crippen molar-refractivity contribution in [1.29, 1.82) is 0 Å². The molecule has 19 heavy (non-hydrogen) atoms. The summed E-state index contributed by atoms with van der Waals surface area (Å²) in [5, 5.41) is 4.38. The lowest BCUT2D eigenvalue weighted by molar-refractivity contribution is 0.102. The second kappa shape index (κ2) is 5.22. The largest absolute Gasteiger partial charge is 0.287 e. The molecule has 0 amide bonds. The molecule has 0 aliphatic heterocycles. The van der Waals surface area contributed by atoms with Crippen LogP contribution in [-0.2, 0) is 0 Å². The molecular formula is C16H16N2O. The van der Waals surface area contributed by atoms with Crippen LogP contribution in [0.25, 0.3) is 5.69 Å². The third kappa shape index (κ3) is 2.50. The quantitative estimate of drug-likeness (QED) is 0.783. The number of Topliss-reactive ketones (excluding diaryl/α,β-unsaturated/α-hetero) is 1. The molecule has 1 heterocycles. The van der Waals surface area contributed by atoms with Crippen LogP contribution >= 0.6 is 0 Å². The average Bonchev–Trinajstić information content (AvgIpc) is 2.98. The Bertz CT molecular complexity index is 611. The first-order valence-electron chi connectivity index (χ1n) is 6.69. The predicted octanol–water partition coefficient (Wildman–Crippen LogP) is 3.56. The van der Waals surface area contributed by atoms with Gasteiger partial charge >= 0.3 is 0 Å². The van der Waals surface area contributed by atoms with Gasteiger partial charge in [-0.2, -0.15) is 5.10 Å². The van der Waals surface area contributed by atoms with Crippen molar-refractivity contribution in [3.05, 3.63) is 59.9 Å². The monoisotopic (exact) mass is 252 g/mol. The Morgan fingerprint density at radius 3 is 2.68 bits per heavy atom. The number of benzene rings is 1. The summed E-state index contributed by atoms with van der Waals surface area (Å²) in [7, 11) is 0. The second-order valence-electron chi connectivity index (χ2n) is 4.79. The van der Waals surface area contributed by atoms with Gasteiger partial charge < -0.3 is 0 Å². The first-order valence-corrected chi connectivity index (χ1v) is 6.69. The molecule has 0 saturated carbocycles. The standard InChI is InChI=1S/C16H16N2O/c19-16(13-7-3-1-4-8-13)15-11-12-18(17-15)14-9-5-2-6-10-14/h2,5-7,9-12H,1,3-4,8H2. The van der Waals surface area contributed by atoms with E-state index in [4.69, 9.17) is 0 Å². The Labute approximate surface area is 112 Å². The van der Waals surface area contributed by atoms with E-state index in [9.17, 15) is 4.79 Å². The molecule has 2 aromatic rings. The van der Waals surface area contributed by atoms with E-state index in [-0.39, 0.29) is 5.78 Å². The van der Waals surface area contributed by atoms with Crippen LogP contribution in [0.3, 0.4) is 0 Å². The molecule has 1 aliphatic carbocycles. The fraction of sp³-hybridized carbons (Fsp3) is 0.250. The van der Waals surface area contributed by atoms with Gasteiger partial charge in [-0.15, -0.1) is 0 Å². The van der Waals surface area contributed by atoms with Crippen molar-refractivity contribution in [3.63, 3.8) is 0 Å². The normalized spacial score (nSPS) is 15.1. The van der Waals surface area contributed by atoms with E-state index in [1.165, 1.54) is 6.42 Å². The fourth-order valence-electron chi connectivity index (χ4n) is 2.38. The van der Waals surface area contributed by atoms with Gasteiger partial charge in [-0.05, 0) is 49.5 Å². The molecule has 1 aliphatic rings. The minimum atomic E-state index is 0.0781. The molecule has 0 fully saturated rings. The molecule has 3 heteroatoms. The molecular weight excluding hydrogens is 236 g/mol. The van der Waals surface area contributed by atoms with Crippen molar-refractivity contribution >= 4 is 5.78 Å². The van der Waals surface area contributed by atoms with Crippen molar-refractivity contribution < 1.29 is 4.79 Å². The van der Waals surface area contributed by atoms with E-state index in [2.05, 4.69) is 11.2 Å². The lowest BCUT2D eigenvalue weighted by atomic mass is 9.95. The number of ketones is 1. The molecule has 0 bridgehead atoms. The van der Waals surface area contributed by atoms with Crippen LogP contribution in [0.2, 0.25) is 0 Å². The summed E-state index contributed by atoms with van der Waals surface area (Å²) in [6.07, 6.45) is 8.10. The Morgan fingerprint density at radius 2 is 1.95 bits per heavy atom. The summed E-state index contributed by atoms with van der Waals surface area (Å²) in [6, 6.07) is 11.6. The van der Waals surface area contributed by atoms with E-state index in [1.54, 1.807) is 10.7 Å². The van der Waals surface area contributed by atoms with Crippen LogP contribution in [0.5, 0.6) is 0 Å². The Morgan fingerprint density at radius 1 is 1.11 bits per heavy atom. The van der Waals surface area contributed by atoms with Gasteiger partial charge in [0.1, 0.15) is 5.69 Å². The van der Waals surface area contributed by atoms with Crippen LogP contribution in [0.1, 0.15) is 36.2 Å². The summed E-state index contributed by atoms with van der Waals surface area (Å²) in [4.78, 5) is 12.3. The molecule has 0 saturated heterocycles. The maximum absolute atomic E-state index is 12.3. The molecule has 1 aromatic carbocycles. The highest BCUT2D eigenvalue weighted by Crippen LogP contribution is 2.21. The number of rotatable bonds is 3. The van der Waals surface area contributed by atoms with Crippen LogP contribution in [0, 0.1) is 0 Å². The zero-order chi connectivity index (χ0) is 13.1. The summed E-state index contributed by atoms with van der Waals surface area (Å²) >= 11 is 0. The summed E-state index contributed by atoms with van der Waals surface area (Å²) in [5.41, 5.74) is 2.43. The maximum Gasteiger partial charge on any atom is 0.208 e. The first kappa shape index (κ1) is 11.9. The third-order valence-electron chi connectivity index (χ3n) is 3.43. The van der Waals surface area contributed by atoms with Gasteiger partial charge in [0.05, 0.1) is 5.69 Å². The topological polar surface area (TPSA) is 34.9 Å². The predicted molar refractivity (Wildman–Crippen MR) is 74.4 cm³/mol. The molecule has 0 unspecified atom stereocenters. The van der Waals surface area contributed by atoms with E-state index in [0.717, 1.165) is 30.5 Å². The Balaban J connectivity index is 1.85. The van der Waals surface area contributed by atoms with Crippen molar-refractivity contribution in [3.8, 4) is 5.69 Å². The second-order valence-corrected chi connectivity index (χ2v) is 4.79. The minimum absolute atomic E-state index is 0.0781. The highest BCUT2D eigenvalue weighted by atomic mass is 16.1. The van der Waals surface area contributed by atoms with Crippen molar-refractivity contribution in [2.45, 2.75) is 25.7 Å². The van der Waals surface area contributed by atoms with Crippen LogP contribution in [0.4, 0.5) is 0 Å². The van der Waals surface area contributed by atoms with Gasteiger partial charge in [-0.3, -0.25) is 4.79 Å². The van der Waals surface area contributed by atoms with Gasteiger partial charge in [-0.1, -0.05) is 24.3 Å². The fourth-order valence-corrected chi connectivity index (χ4v) is 2.38. The molecule has 3 rings (SSSR count). The van der Waals surface area contributed by atoms with Gasteiger partial charge in [0.15, 0.2) is 0 Å². The van der Waals surface area contributed by atoms with Gasteiger partial charge in [-0.25, -0.2) is 4.68 Å². The molecule has 3 nitrogen and oxygen atoms in total. The van der Waals surface area contributed by atoms with E-state index >= 15 is 0 Å². The molecule has 0 spiro atoms. The van der Waals surface area contributed by atoms with Gasteiger partial charge in [0, 0.05) is 6.20 Å². The van der Waals surface area contributed by atoms with E-state index < -0.39 is 0 Å². The molecule has 1 aromatic heterocycles. The van der Waals surface area contributed by atoms with Gasteiger partial charge in [0.25, 0.3) is 0 Å². The number of carbonyl (C=O) groups excluding carboxylic acids is 1. The first-order chi connectivity index (χ1) is 9.34. The van der Waals surface area contributed by atoms with Gasteiger partial charge in [0.2, 0.25) is 5.78 Å². The zero-order valence-electron chi connectivity index (χ0n) is 10.7. The zero-order valence-corrected chi connectivity index (χ0v) is 10.7. The van der Waals surface area contributed by atoms with Crippen LogP contribution in [-0.4, -0.2) is 15.6 Å². The molecule has 96 valence electrons. The summed E-state index contributed by atoms with van der Waals surface area (Å²) in [5.74, 6) is 0.0781. The SMILES string of the molecule is O=C(C1=CCCCC1)c1ccn(-c2ccccc2)n1. The molecule has 0 radical (unpaired) electrons. The molecule has 0 atom stereocenters. The number of nitrogens with zero attached hydrogens (tertiary/aromatic N) is 2. The van der Waals surface area contributed by atoms with Crippen LogP contribution in [0.15, 0.2) is 54.2 Å². The minimum Gasteiger partial charge on any atom is -0.287 e. The Kier molecular flexibility index (Phi) is 3.27. The van der Waals surface area contributed by atoms with Crippen molar-refractivity contribution in [2.75, 3.05) is 0 Å². The van der Waals surface area contributed by atoms with E-state index in [0.29, 0.717) is 5.69 Å². The number of carbonyl (C=O) groups is 1. The number of hydrogen-bond acceptors (Lipinski definition) is 2. The van der Waals surface area contributed by atoms with Crippen molar-refractivity contribution in [2.24, 2.45) is 0 Å². The maximum atomic E-state index is 12.3. The van der Waals surface area contributed by atoms with Crippen LogP contribution < -0.4 is 0 Å². The lowest BCUT2D eigenvalue weighted by Crippen LogP contribution is -2.08. The number of hydrogen-bond donors (Lipinski definition) is 0. The summed E-state index contributed by atoms with van der Waals surface area (Å²) < 4.78 is 1.75. The average molecular weight is 252 g/mol. The summed E-state index contributed by atoms with van der Waals surface area (Å²) in [6.45, 7) is 0.